The van der Waals surface area contributed by atoms with Crippen molar-refractivity contribution in [2.75, 3.05) is 4.90 Å². The van der Waals surface area contributed by atoms with Gasteiger partial charge in [0.1, 0.15) is 0 Å². The molecular formula is C23H39N. The van der Waals surface area contributed by atoms with Gasteiger partial charge in [-0.2, -0.15) is 0 Å². The number of nitrogens with zero attached hydrogens (tertiary/aromatic N) is 1. The molecule has 0 saturated carbocycles. The van der Waals surface area contributed by atoms with E-state index >= 15 is 0 Å². The van der Waals surface area contributed by atoms with Crippen LogP contribution in [0.1, 0.15) is 97.3 Å². The van der Waals surface area contributed by atoms with Crippen LogP contribution in [0.3, 0.4) is 0 Å². The summed E-state index contributed by atoms with van der Waals surface area (Å²) in [6.07, 6.45) is 18.4. The van der Waals surface area contributed by atoms with Crippen molar-refractivity contribution in [2.45, 2.75) is 109 Å². The number of piperidine rings is 1. The third-order valence-corrected chi connectivity index (χ3v) is 5.72. The van der Waals surface area contributed by atoms with Crippen molar-refractivity contribution >= 4 is 5.69 Å². The Morgan fingerprint density at radius 2 is 1.46 bits per heavy atom. The third-order valence-electron chi connectivity index (χ3n) is 5.72. The minimum atomic E-state index is 0.699. The lowest BCUT2D eigenvalue weighted by molar-refractivity contribution is 0.370. The van der Waals surface area contributed by atoms with Crippen LogP contribution in [0.4, 0.5) is 5.69 Å². The average Bonchev–Trinajstić information content (AvgIpc) is 2.61. The van der Waals surface area contributed by atoms with Crippen molar-refractivity contribution in [1.29, 1.82) is 0 Å². The molecule has 0 unspecified atom stereocenters. The predicted octanol–water partition coefficient (Wildman–Crippen LogP) is 7.35. The summed E-state index contributed by atoms with van der Waals surface area (Å²) in [6, 6.07) is 12.6. The highest BCUT2D eigenvalue weighted by Crippen LogP contribution is 2.31. The zero-order chi connectivity index (χ0) is 17.0. The molecule has 0 spiro atoms. The predicted molar refractivity (Wildman–Crippen MR) is 108 cm³/mol. The molecule has 0 aliphatic carbocycles. The van der Waals surface area contributed by atoms with Gasteiger partial charge >= 0.3 is 0 Å². The van der Waals surface area contributed by atoms with E-state index in [1.54, 1.807) is 0 Å². The van der Waals surface area contributed by atoms with Gasteiger partial charge < -0.3 is 4.90 Å². The first-order chi connectivity index (χ1) is 11.8. The first kappa shape index (κ1) is 19.3. The molecule has 0 bridgehead atoms. The van der Waals surface area contributed by atoms with Gasteiger partial charge in [-0.1, -0.05) is 82.9 Å². The van der Waals surface area contributed by atoms with E-state index in [1.807, 2.05) is 0 Å². The second-order valence-electron chi connectivity index (χ2n) is 7.79. The summed E-state index contributed by atoms with van der Waals surface area (Å²) in [7, 11) is 0. The van der Waals surface area contributed by atoms with Crippen LogP contribution in [-0.2, 0) is 0 Å². The molecule has 0 radical (unpaired) electrons. The van der Waals surface area contributed by atoms with E-state index in [4.69, 9.17) is 0 Å². The zero-order valence-electron chi connectivity index (χ0n) is 16.2. The smallest absolute Gasteiger partial charge is 0.0371 e. The first-order valence-corrected chi connectivity index (χ1v) is 10.7. The molecular weight excluding hydrogens is 290 g/mol. The van der Waals surface area contributed by atoms with Crippen molar-refractivity contribution in [3.05, 3.63) is 30.3 Å². The number of unbranched alkanes of at least 4 members (excludes halogenated alkanes) is 8. The van der Waals surface area contributed by atoms with Crippen molar-refractivity contribution in [1.82, 2.24) is 0 Å². The van der Waals surface area contributed by atoms with E-state index in [9.17, 15) is 0 Å². The minimum absolute atomic E-state index is 0.699. The number of hydrogen-bond acceptors (Lipinski definition) is 1. The molecule has 1 heteroatoms. The number of rotatable bonds is 11. The second kappa shape index (κ2) is 11.6. The Morgan fingerprint density at radius 3 is 2.12 bits per heavy atom. The van der Waals surface area contributed by atoms with Crippen molar-refractivity contribution < 1.29 is 0 Å². The third kappa shape index (κ3) is 6.49. The van der Waals surface area contributed by atoms with Crippen molar-refractivity contribution in [3.8, 4) is 0 Å². The van der Waals surface area contributed by atoms with Gasteiger partial charge in [-0.05, 0) is 44.7 Å². The van der Waals surface area contributed by atoms with Gasteiger partial charge in [0.2, 0.25) is 0 Å². The molecule has 1 heterocycles. The van der Waals surface area contributed by atoms with Crippen LogP contribution in [0.2, 0.25) is 0 Å². The maximum atomic E-state index is 2.72. The molecule has 0 amide bonds. The maximum absolute atomic E-state index is 2.72. The fourth-order valence-electron chi connectivity index (χ4n) is 4.33. The molecule has 2 atom stereocenters. The van der Waals surface area contributed by atoms with E-state index in [0.717, 1.165) is 6.04 Å². The zero-order valence-corrected chi connectivity index (χ0v) is 16.2. The molecule has 1 aliphatic rings. The number of para-hydroxylation sites is 1. The number of benzene rings is 1. The molecule has 1 fully saturated rings. The van der Waals surface area contributed by atoms with Crippen LogP contribution >= 0.6 is 0 Å². The van der Waals surface area contributed by atoms with Gasteiger partial charge in [-0.25, -0.2) is 0 Å². The van der Waals surface area contributed by atoms with Gasteiger partial charge in [0.05, 0.1) is 0 Å². The molecule has 1 aliphatic heterocycles. The van der Waals surface area contributed by atoms with Gasteiger partial charge in [-0.15, -0.1) is 0 Å². The Balaban J connectivity index is 1.67. The lowest BCUT2D eigenvalue weighted by atomic mass is 9.91. The topological polar surface area (TPSA) is 3.24 Å². The Bertz CT molecular complexity index is 413. The van der Waals surface area contributed by atoms with Crippen LogP contribution in [-0.4, -0.2) is 12.1 Å². The molecule has 1 aromatic carbocycles. The number of hydrogen-bond donors (Lipinski definition) is 0. The normalized spacial score (nSPS) is 21.2. The first-order valence-electron chi connectivity index (χ1n) is 10.7. The van der Waals surface area contributed by atoms with Crippen LogP contribution in [0.15, 0.2) is 30.3 Å². The minimum Gasteiger partial charge on any atom is -0.366 e. The lowest BCUT2D eigenvalue weighted by Crippen LogP contribution is -2.45. The molecule has 24 heavy (non-hydrogen) atoms. The average molecular weight is 330 g/mol. The van der Waals surface area contributed by atoms with Gasteiger partial charge in [0.15, 0.2) is 0 Å². The monoisotopic (exact) mass is 329 g/mol. The summed E-state index contributed by atoms with van der Waals surface area (Å²) in [6.45, 7) is 4.71. The van der Waals surface area contributed by atoms with Crippen LogP contribution in [0, 0.1) is 0 Å². The van der Waals surface area contributed by atoms with E-state index < -0.39 is 0 Å². The molecule has 0 N–H and O–H groups in total. The quantitative estimate of drug-likeness (QED) is 0.383. The van der Waals surface area contributed by atoms with Crippen LogP contribution < -0.4 is 4.90 Å². The van der Waals surface area contributed by atoms with Gasteiger partial charge in [0, 0.05) is 17.8 Å². The van der Waals surface area contributed by atoms with E-state index in [1.165, 1.54) is 89.2 Å². The standard InChI is InChI=1S/C23H39N/c1-3-4-5-6-7-8-9-10-12-17-23-20-15-16-21(2)24(23)22-18-13-11-14-19-22/h11,13-14,18-19,21,23H,3-10,12,15-17,20H2,1-2H3/t21-,23-/m0/s1. The Kier molecular flexibility index (Phi) is 9.31. The van der Waals surface area contributed by atoms with Gasteiger partial charge in [0.25, 0.3) is 0 Å². The van der Waals surface area contributed by atoms with Crippen molar-refractivity contribution in [2.24, 2.45) is 0 Å². The molecule has 2 rings (SSSR count). The summed E-state index contributed by atoms with van der Waals surface area (Å²) in [5.74, 6) is 0. The Morgan fingerprint density at radius 1 is 0.833 bits per heavy atom. The summed E-state index contributed by atoms with van der Waals surface area (Å²) >= 11 is 0. The fourth-order valence-corrected chi connectivity index (χ4v) is 4.33. The van der Waals surface area contributed by atoms with E-state index in [-0.39, 0.29) is 0 Å². The lowest BCUT2D eigenvalue weighted by Gasteiger charge is -2.43. The second-order valence-corrected chi connectivity index (χ2v) is 7.79. The summed E-state index contributed by atoms with van der Waals surface area (Å²) < 4.78 is 0. The fraction of sp³-hybridized carbons (Fsp3) is 0.739. The number of anilines is 1. The largest absolute Gasteiger partial charge is 0.366 e. The molecule has 136 valence electrons. The Hall–Kier alpha value is -0.980. The maximum Gasteiger partial charge on any atom is 0.0371 e. The van der Waals surface area contributed by atoms with Crippen LogP contribution in [0.25, 0.3) is 0 Å². The highest BCUT2D eigenvalue weighted by molar-refractivity contribution is 5.48. The SMILES string of the molecule is CCCCCCCCCCC[C@H]1CCC[C@H](C)N1c1ccccc1. The van der Waals surface area contributed by atoms with E-state index in [2.05, 4.69) is 49.1 Å². The Labute approximate surface area is 150 Å². The molecule has 0 aromatic heterocycles. The van der Waals surface area contributed by atoms with Gasteiger partial charge in [-0.3, -0.25) is 0 Å². The highest BCUT2D eigenvalue weighted by Gasteiger charge is 2.27. The van der Waals surface area contributed by atoms with E-state index in [0.29, 0.717) is 6.04 Å². The van der Waals surface area contributed by atoms with Crippen molar-refractivity contribution in [3.63, 3.8) is 0 Å². The molecule has 1 aromatic rings. The molecule has 1 saturated heterocycles. The highest BCUT2D eigenvalue weighted by atomic mass is 15.2. The summed E-state index contributed by atoms with van der Waals surface area (Å²) in [5.41, 5.74) is 1.44. The molecule has 1 nitrogen and oxygen atoms in total. The summed E-state index contributed by atoms with van der Waals surface area (Å²) in [5, 5.41) is 0. The summed E-state index contributed by atoms with van der Waals surface area (Å²) in [4.78, 5) is 2.72. The van der Waals surface area contributed by atoms with Crippen LogP contribution in [0.5, 0.6) is 0 Å².